The molecule has 0 amide bonds. The molecule has 40 heavy (non-hydrogen) atoms. The van der Waals surface area contributed by atoms with Crippen LogP contribution in [0.3, 0.4) is 0 Å². The first-order chi connectivity index (χ1) is 19.2. The summed E-state index contributed by atoms with van der Waals surface area (Å²) in [6, 6.07) is 8.25. The summed E-state index contributed by atoms with van der Waals surface area (Å²) in [6.45, 7) is 6.22. The number of anilines is 1. The molecule has 5 rings (SSSR count). The molecular weight excluding hydrogens is 540 g/mol. The molecule has 1 saturated heterocycles. The van der Waals surface area contributed by atoms with E-state index in [1.54, 1.807) is 12.3 Å². The summed E-state index contributed by atoms with van der Waals surface area (Å²) in [5.74, 6) is 2.63. The molecule has 1 aliphatic heterocycles. The number of rotatable bonds is 9. The number of pyridine rings is 1. The van der Waals surface area contributed by atoms with Gasteiger partial charge in [-0.15, -0.1) is 0 Å². The van der Waals surface area contributed by atoms with Gasteiger partial charge in [0.15, 0.2) is 0 Å². The molecular formula is C28H29F2N5O4S. The first-order valence-corrected chi connectivity index (χ1v) is 14.3. The van der Waals surface area contributed by atoms with Crippen LogP contribution in [0.2, 0.25) is 0 Å². The Kier molecular flexibility index (Phi) is 8.10. The van der Waals surface area contributed by atoms with Gasteiger partial charge in [-0.25, -0.2) is 27.9 Å². The number of halogens is 2. The molecule has 0 saturated carbocycles. The van der Waals surface area contributed by atoms with Crippen LogP contribution in [0.15, 0.2) is 53.8 Å². The predicted molar refractivity (Wildman–Crippen MR) is 150 cm³/mol. The van der Waals surface area contributed by atoms with Gasteiger partial charge in [-0.3, -0.25) is 4.90 Å². The maximum atomic E-state index is 14.4. The van der Waals surface area contributed by atoms with Crippen molar-refractivity contribution >= 4 is 32.2 Å². The summed E-state index contributed by atoms with van der Waals surface area (Å²) in [4.78, 5) is 15.2. The number of nitrogens with zero attached hydrogens (tertiary/aromatic N) is 4. The molecule has 4 aromatic rings. The van der Waals surface area contributed by atoms with Gasteiger partial charge in [-0.2, -0.15) is 0 Å². The van der Waals surface area contributed by atoms with Gasteiger partial charge >= 0.3 is 0 Å². The van der Waals surface area contributed by atoms with Crippen molar-refractivity contribution < 1.29 is 27.2 Å². The van der Waals surface area contributed by atoms with E-state index in [0.29, 0.717) is 42.7 Å². The number of ether oxygens (including phenoxy) is 3. The number of fused-ring (bicyclic) bond motifs is 1. The van der Waals surface area contributed by atoms with Gasteiger partial charge in [0, 0.05) is 48.5 Å². The Morgan fingerprint density at radius 3 is 2.65 bits per heavy atom. The van der Waals surface area contributed by atoms with Crippen LogP contribution in [0.4, 0.5) is 14.5 Å². The first-order valence-electron chi connectivity index (χ1n) is 12.6. The number of aryl methyl sites for hydroxylation is 1. The van der Waals surface area contributed by atoms with E-state index in [1.807, 2.05) is 19.1 Å². The zero-order valence-electron chi connectivity index (χ0n) is 22.2. The third kappa shape index (κ3) is 5.98. The lowest BCUT2D eigenvalue weighted by molar-refractivity contribution is 0.0323. The van der Waals surface area contributed by atoms with Crippen LogP contribution in [-0.4, -0.2) is 76.5 Å². The van der Waals surface area contributed by atoms with Crippen molar-refractivity contribution in [2.75, 3.05) is 51.3 Å². The zero-order chi connectivity index (χ0) is 28.3. The molecule has 3 heterocycles. The smallest absolute Gasteiger partial charge is 0.238 e. The van der Waals surface area contributed by atoms with Crippen LogP contribution < -0.4 is 14.2 Å². The van der Waals surface area contributed by atoms with Crippen molar-refractivity contribution in [2.24, 2.45) is 0 Å². The lowest BCUT2D eigenvalue weighted by atomic mass is 10.0. The predicted octanol–water partition coefficient (Wildman–Crippen LogP) is 4.10. The quantitative estimate of drug-likeness (QED) is 0.301. The second-order valence-electron chi connectivity index (χ2n) is 9.26. The van der Waals surface area contributed by atoms with Crippen LogP contribution in [0, 0.1) is 18.6 Å². The molecule has 12 heteroatoms. The fraction of sp³-hybridized carbons (Fsp3) is 0.286. The van der Waals surface area contributed by atoms with Gasteiger partial charge in [0.2, 0.25) is 5.88 Å². The summed E-state index contributed by atoms with van der Waals surface area (Å²) in [5.41, 5.74) is 3.07. The second kappa shape index (κ2) is 11.7. The molecule has 0 radical (unpaired) electrons. The largest absolute Gasteiger partial charge is 0.490 e. The van der Waals surface area contributed by atoms with E-state index in [9.17, 15) is 13.0 Å². The Balaban J connectivity index is 1.49. The highest BCUT2D eigenvalue weighted by atomic mass is 32.2. The van der Waals surface area contributed by atoms with Crippen molar-refractivity contribution in [3.8, 4) is 22.8 Å². The van der Waals surface area contributed by atoms with Gasteiger partial charge in [0.05, 0.1) is 34.9 Å². The van der Waals surface area contributed by atoms with Crippen molar-refractivity contribution in [1.82, 2.24) is 19.9 Å². The summed E-state index contributed by atoms with van der Waals surface area (Å²) in [5, 5.41) is 0.807. The van der Waals surface area contributed by atoms with Crippen LogP contribution in [0.1, 0.15) is 5.69 Å². The number of aromatic nitrogens is 3. The highest BCUT2D eigenvalue weighted by molar-refractivity contribution is 8.01. The van der Waals surface area contributed by atoms with E-state index >= 15 is 0 Å². The molecule has 0 aliphatic carbocycles. The molecule has 1 N–H and O–H groups in total. The van der Waals surface area contributed by atoms with Crippen molar-refractivity contribution in [1.29, 1.82) is 0 Å². The summed E-state index contributed by atoms with van der Waals surface area (Å²) in [7, 11) is -2.02. The van der Waals surface area contributed by atoms with Crippen molar-refractivity contribution in [2.45, 2.75) is 11.8 Å². The topological polar surface area (TPSA) is 98.7 Å². The Morgan fingerprint density at radius 1 is 1.10 bits per heavy atom. The minimum Gasteiger partial charge on any atom is -0.490 e. The summed E-state index contributed by atoms with van der Waals surface area (Å²) >= 11 is 0. The third-order valence-corrected chi connectivity index (χ3v) is 8.16. The standard InChI is InChI=1S/C28H29F2N5O4S/c1-18-22-12-19(14-25(27(22)33-17-32-18)39-11-8-35-6-9-38-10-7-35)20-13-24(28(37-2)31-16-20)34-40(3,36)26-5-4-21(29)15-23(26)30/h4-5,12-17H,3,6-11H2,1-2H3,(H,34,36). The Labute approximate surface area is 231 Å². The molecule has 0 bridgehead atoms. The fourth-order valence-electron chi connectivity index (χ4n) is 4.47. The maximum absolute atomic E-state index is 14.4. The number of hydrogen-bond donors (Lipinski definition) is 1. The lowest BCUT2D eigenvalue weighted by Gasteiger charge is -2.26. The number of benzene rings is 2. The third-order valence-electron chi connectivity index (χ3n) is 6.57. The number of morpholine rings is 1. The minimum atomic E-state index is -3.43. The Morgan fingerprint density at radius 2 is 1.90 bits per heavy atom. The number of methoxy groups -OCH3 is 1. The van der Waals surface area contributed by atoms with Gasteiger partial charge < -0.3 is 18.9 Å². The zero-order valence-corrected chi connectivity index (χ0v) is 23.0. The molecule has 2 aromatic heterocycles. The monoisotopic (exact) mass is 569 g/mol. The average molecular weight is 570 g/mol. The van der Waals surface area contributed by atoms with E-state index in [4.69, 9.17) is 14.2 Å². The normalized spacial score (nSPS) is 15.5. The molecule has 2 aromatic carbocycles. The SMILES string of the molecule is C=S(=O)(Nc1cc(-c2cc(OCCN3CCOCC3)c3ncnc(C)c3c2)cnc1OC)c1ccc(F)cc1F. The van der Waals surface area contributed by atoms with Crippen molar-refractivity contribution in [3.05, 3.63) is 66.3 Å². The minimum absolute atomic E-state index is 0.130. The van der Waals surface area contributed by atoms with Gasteiger partial charge in [0.1, 0.15) is 41.5 Å². The molecule has 9 nitrogen and oxygen atoms in total. The number of hydrogen-bond acceptors (Lipinski definition) is 8. The van der Waals surface area contributed by atoms with Crippen LogP contribution in [-0.2, 0) is 14.4 Å². The fourth-order valence-corrected chi connectivity index (χ4v) is 5.74. The molecule has 0 spiro atoms. The van der Waals surface area contributed by atoms with E-state index in [1.165, 1.54) is 13.4 Å². The molecule has 1 aliphatic rings. The van der Waals surface area contributed by atoms with Gasteiger partial charge in [0.25, 0.3) is 0 Å². The second-order valence-corrected chi connectivity index (χ2v) is 11.3. The van der Waals surface area contributed by atoms with E-state index in [0.717, 1.165) is 48.4 Å². The first kappa shape index (κ1) is 27.7. The van der Waals surface area contributed by atoms with Gasteiger partial charge in [-0.1, -0.05) is 0 Å². The average Bonchev–Trinajstić information content (AvgIpc) is 2.93. The van der Waals surface area contributed by atoms with Crippen LogP contribution in [0.25, 0.3) is 22.0 Å². The molecule has 1 unspecified atom stereocenters. The summed E-state index contributed by atoms with van der Waals surface area (Å²) in [6.07, 6.45) is 3.10. The van der Waals surface area contributed by atoms with E-state index in [2.05, 4.69) is 30.4 Å². The van der Waals surface area contributed by atoms with Crippen LogP contribution in [0.5, 0.6) is 11.6 Å². The van der Waals surface area contributed by atoms with E-state index < -0.39 is 21.3 Å². The highest BCUT2D eigenvalue weighted by Crippen LogP contribution is 2.35. The number of nitrogens with one attached hydrogen (secondary N) is 1. The molecule has 1 fully saturated rings. The highest BCUT2D eigenvalue weighted by Gasteiger charge is 2.19. The maximum Gasteiger partial charge on any atom is 0.238 e. The summed E-state index contributed by atoms with van der Waals surface area (Å²) < 4.78 is 61.0. The molecule has 1 atom stereocenters. The lowest BCUT2D eigenvalue weighted by Crippen LogP contribution is -2.38. The Hall–Kier alpha value is -3.87. The van der Waals surface area contributed by atoms with E-state index in [-0.39, 0.29) is 16.5 Å². The van der Waals surface area contributed by atoms with Crippen molar-refractivity contribution in [3.63, 3.8) is 0 Å². The Bertz CT molecular complexity index is 1650. The van der Waals surface area contributed by atoms with Gasteiger partial charge in [-0.05, 0) is 48.7 Å². The molecule has 210 valence electrons. The van der Waals surface area contributed by atoms with Crippen LogP contribution >= 0.6 is 0 Å².